The molecule has 0 bridgehead atoms. The van der Waals surface area contributed by atoms with Crippen LogP contribution in [-0.4, -0.2) is 41.3 Å². The van der Waals surface area contributed by atoms with E-state index >= 15 is 0 Å². The van der Waals surface area contributed by atoms with Gasteiger partial charge >= 0.3 is 0 Å². The summed E-state index contributed by atoms with van der Waals surface area (Å²) >= 11 is 5.61. The topological polar surface area (TPSA) is 65.1 Å². The Hall–Kier alpha value is -2.41. The molecule has 0 atom stereocenters. The molecule has 5 rings (SSSR count). The van der Waals surface area contributed by atoms with Gasteiger partial charge in [-0.1, -0.05) is 6.07 Å². The zero-order chi connectivity index (χ0) is 22.8. The van der Waals surface area contributed by atoms with Crippen LogP contribution >= 0.6 is 12.2 Å². The van der Waals surface area contributed by atoms with Gasteiger partial charge in [0.05, 0.1) is 5.69 Å². The summed E-state index contributed by atoms with van der Waals surface area (Å²) in [5.41, 5.74) is 6.64. The molecule has 1 aromatic heterocycles. The van der Waals surface area contributed by atoms with Crippen LogP contribution in [0, 0.1) is 0 Å². The molecular formula is C26H36N6S. The first-order chi connectivity index (χ1) is 16.0. The Morgan fingerprint density at radius 3 is 2.48 bits per heavy atom. The van der Waals surface area contributed by atoms with Crippen molar-refractivity contribution in [1.29, 1.82) is 0 Å². The van der Waals surface area contributed by atoms with E-state index in [-0.39, 0.29) is 0 Å². The quantitative estimate of drug-likeness (QED) is 0.558. The minimum absolute atomic E-state index is 0.415. The fourth-order valence-corrected chi connectivity index (χ4v) is 5.86. The molecule has 1 fully saturated rings. The van der Waals surface area contributed by atoms with Crippen LogP contribution in [-0.2, 0) is 25.7 Å². The molecule has 0 radical (unpaired) electrons. The molecule has 6 nitrogen and oxygen atoms in total. The minimum atomic E-state index is 0.415. The summed E-state index contributed by atoms with van der Waals surface area (Å²) in [6.45, 7) is 0. The largest absolute Gasteiger partial charge is 0.362 e. The van der Waals surface area contributed by atoms with Crippen molar-refractivity contribution >= 4 is 34.8 Å². The summed E-state index contributed by atoms with van der Waals surface area (Å²) in [5, 5.41) is 11.3. The Morgan fingerprint density at radius 1 is 0.909 bits per heavy atom. The SMILES string of the molecule is CN(C)c1nc(N[C@H]2CC[C@@H](NC(=S)Nc3ccc4c(c3)CCC4)CC2)nc2c1CCCC2. The van der Waals surface area contributed by atoms with Gasteiger partial charge in [0.2, 0.25) is 5.95 Å². The van der Waals surface area contributed by atoms with E-state index in [1.165, 1.54) is 54.5 Å². The highest BCUT2D eigenvalue weighted by atomic mass is 32.1. The van der Waals surface area contributed by atoms with Crippen molar-refractivity contribution < 1.29 is 0 Å². The van der Waals surface area contributed by atoms with Gasteiger partial charge in [-0.05, 0) is 106 Å². The average molecular weight is 465 g/mol. The van der Waals surface area contributed by atoms with Crippen molar-refractivity contribution in [2.24, 2.45) is 0 Å². The lowest BCUT2D eigenvalue weighted by Gasteiger charge is -2.31. The van der Waals surface area contributed by atoms with Gasteiger partial charge in [0.15, 0.2) is 5.11 Å². The van der Waals surface area contributed by atoms with Crippen molar-refractivity contribution in [2.75, 3.05) is 29.6 Å². The van der Waals surface area contributed by atoms with Gasteiger partial charge in [0.1, 0.15) is 5.82 Å². The van der Waals surface area contributed by atoms with Crippen LogP contribution in [0.25, 0.3) is 0 Å². The van der Waals surface area contributed by atoms with Crippen LogP contribution in [0.4, 0.5) is 17.5 Å². The van der Waals surface area contributed by atoms with E-state index in [9.17, 15) is 0 Å². The minimum Gasteiger partial charge on any atom is -0.362 e. The van der Waals surface area contributed by atoms with Gasteiger partial charge in [-0.2, -0.15) is 4.98 Å². The number of aryl methyl sites for hydroxylation is 3. The van der Waals surface area contributed by atoms with Crippen molar-refractivity contribution in [2.45, 2.75) is 82.7 Å². The lowest BCUT2D eigenvalue weighted by atomic mass is 9.91. The van der Waals surface area contributed by atoms with Crippen molar-refractivity contribution in [3.8, 4) is 0 Å². The summed E-state index contributed by atoms with van der Waals surface area (Å²) in [6, 6.07) is 7.49. The molecule has 1 saturated carbocycles. The molecular weight excluding hydrogens is 428 g/mol. The maximum absolute atomic E-state index is 5.61. The standard InChI is InChI=1S/C26H36N6S/c1-32(2)24-22-8-3-4-9-23(22)30-25(31-24)27-19-12-14-20(15-13-19)28-26(33)29-21-11-10-17-6-5-7-18(17)16-21/h10-11,16,19-20H,3-9,12-15H2,1-2H3,(H,27,30,31)(H2,28,29,33)/t19-,20+. The van der Waals surface area contributed by atoms with Crippen LogP contribution in [0.5, 0.6) is 0 Å². The maximum atomic E-state index is 5.61. The van der Waals surface area contributed by atoms with Gasteiger partial charge < -0.3 is 20.9 Å². The summed E-state index contributed by atoms with van der Waals surface area (Å²) in [4.78, 5) is 11.9. The Bertz CT molecular complexity index is 1010. The molecule has 176 valence electrons. The highest BCUT2D eigenvalue weighted by Crippen LogP contribution is 2.29. The second kappa shape index (κ2) is 9.84. The molecule has 0 saturated heterocycles. The monoisotopic (exact) mass is 464 g/mol. The molecule has 3 aliphatic carbocycles. The predicted octanol–water partition coefficient (Wildman–Crippen LogP) is 4.62. The number of rotatable bonds is 5. The number of benzene rings is 1. The zero-order valence-corrected chi connectivity index (χ0v) is 20.7. The predicted molar refractivity (Wildman–Crippen MR) is 140 cm³/mol. The van der Waals surface area contributed by atoms with Crippen molar-refractivity contribution in [3.05, 3.63) is 40.6 Å². The van der Waals surface area contributed by atoms with Crippen LogP contribution in [0.1, 0.15) is 67.3 Å². The average Bonchev–Trinajstić information content (AvgIpc) is 3.27. The van der Waals surface area contributed by atoms with E-state index in [1.54, 1.807) is 0 Å². The molecule has 3 aliphatic rings. The Labute approximate surface area is 203 Å². The van der Waals surface area contributed by atoms with E-state index in [4.69, 9.17) is 22.2 Å². The third-order valence-electron chi connectivity index (χ3n) is 7.34. The number of nitrogens with one attached hydrogen (secondary N) is 3. The van der Waals surface area contributed by atoms with E-state index < -0.39 is 0 Å². The van der Waals surface area contributed by atoms with E-state index in [0.29, 0.717) is 12.1 Å². The third-order valence-corrected chi connectivity index (χ3v) is 7.56. The van der Waals surface area contributed by atoms with Gasteiger partial charge in [-0.25, -0.2) is 4.98 Å². The smallest absolute Gasteiger partial charge is 0.225 e. The summed E-state index contributed by atoms with van der Waals surface area (Å²) in [5.74, 6) is 1.88. The summed E-state index contributed by atoms with van der Waals surface area (Å²) in [6.07, 6.45) is 12.7. The molecule has 7 heteroatoms. The third kappa shape index (κ3) is 5.24. The zero-order valence-electron chi connectivity index (χ0n) is 19.9. The van der Waals surface area contributed by atoms with Crippen LogP contribution in [0.15, 0.2) is 18.2 Å². The van der Waals surface area contributed by atoms with Gasteiger partial charge in [-0.15, -0.1) is 0 Å². The van der Waals surface area contributed by atoms with Crippen LogP contribution in [0.3, 0.4) is 0 Å². The molecule has 33 heavy (non-hydrogen) atoms. The molecule has 0 amide bonds. The number of nitrogens with zero attached hydrogens (tertiary/aromatic N) is 3. The van der Waals surface area contributed by atoms with Crippen molar-refractivity contribution in [3.63, 3.8) is 0 Å². The first kappa shape index (κ1) is 22.4. The van der Waals surface area contributed by atoms with E-state index in [0.717, 1.165) is 61.1 Å². The second-order valence-corrected chi connectivity index (χ2v) is 10.4. The molecule has 0 spiro atoms. The summed E-state index contributed by atoms with van der Waals surface area (Å²) in [7, 11) is 4.16. The van der Waals surface area contributed by atoms with Crippen LogP contribution < -0.4 is 20.9 Å². The molecule has 1 heterocycles. The number of hydrogen-bond acceptors (Lipinski definition) is 5. The lowest BCUT2D eigenvalue weighted by molar-refractivity contribution is 0.387. The Kier molecular flexibility index (Phi) is 6.67. The van der Waals surface area contributed by atoms with E-state index in [1.807, 2.05) is 0 Å². The molecule has 2 aromatic rings. The fraction of sp³-hybridized carbons (Fsp3) is 0.577. The highest BCUT2D eigenvalue weighted by molar-refractivity contribution is 7.80. The first-order valence-electron chi connectivity index (χ1n) is 12.6. The normalized spacial score (nSPS) is 21.6. The highest BCUT2D eigenvalue weighted by Gasteiger charge is 2.24. The van der Waals surface area contributed by atoms with E-state index in [2.05, 4.69) is 53.1 Å². The van der Waals surface area contributed by atoms with Crippen LogP contribution in [0.2, 0.25) is 0 Å². The summed E-state index contributed by atoms with van der Waals surface area (Å²) < 4.78 is 0. The van der Waals surface area contributed by atoms with Crippen molar-refractivity contribution in [1.82, 2.24) is 15.3 Å². The van der Waals surface area contributed by atoms with Gasteiger partial charge in [0, 0.05) is 37.4 Å². The second-order valence-electron chi connectivity index (χ2n) is 10.0. The molecule has 0 unspecified atom stereocenters. The number of aromatic nitrogens is 2. The fourth-order valence-electron chi connectivity index (χ4n) is 5.58. The van der Waals surface area contributed by atoms with Gasteiger partial charge in [-0.3, -0.25) is 0 Å². The first-order valence-corrected chi connectivity index (χ1v) is 13.0. The maximum Gasteiger partial charge on any atom is 0.225 e. The molecule has 3 N–H and O–H groups in total. The molecule has 0 aliphatic heterocycles. The molecule has 1 aromatic carbocycles. The number of hydrogen-bond donors (Lipinski definition) is 3. The number of anilines is 3. The number of thiocarbonyl (C=S) groups is 1. The number of fused-ring (bicyclic) bond motifs is 2. The van der Waals surface area contributed by atoms with Gasteiger partial charge in [0.25, 0.3) is 0 Å². The Morgan fingerprint density at radius 2 is 1.67 bits per heavy atom. The lowest BCUT2D eigenvalue weighted by Crippen LogP contribution is -2.42. The Balaban J connectivity index is 1.13.